The number of carboxylic acid groups (broad SMARTS) is 1. The van der Waals surface area contributed by atoms with Crippen molar-refractivity contribution in [2.45, 2.75) is 26.1 Å². The molecular weight excluding hydrogens is 531 g/mol. The summed E-state index contributed by atoms with van der Waals surface area (Å²) in [6, 6.07) is 15.5. The number of carboxylic acids is 1. The predicted octanol–water partition coefficient (Wildman–Crippen LogP) is 3.72. The number of piperazine rings is 1. The Hall–Kier alpha value is -2.92. The number of alkyl halides is 3. The van der Waals surface area contributed by atoms with Crippen LogP contribution in [0.3, 0.4) is 0 Å². The highest BCUT2D eigenvalue weighted by molar-refractivity contribution is 9.10. The highest BCUT2D eigenvalue weighted by atomic mass is 79.9. The smallest absolute Gasteiger partial charge is 0.475 e. The Morgan fingerprint density at radius 1 is 1.06 bits per heavy atom. The van der Waals surface area contributed by atoms with Gasteiger partial charge in [0.15, 0.2) is 0 Å². The summed E-state index contributed by atoms with van der Waals surface area (Å²) in [6.07, 6.45) is -4.11. The molecule has 1 saturated heterocycles. The van der Waals surface area contributed by atoms with Gasteiger partial charge in [-0.1, -0.05) is 53.2 Å². The van der Waals surface area contributed by atoms with Crippen molar-refractivity contribution in [2.24, 2.45) is 0 Å². The van der Waals surface area contributed by atoms with E-state index in [1.54, 1.807) is 17.0 Å². The Kier molecular flexibility index (Phi) is 10.7. The third-order valence-corrected chi connectivity index (χ3v) is 5.70. The van der Waals surface area contributed by atoms with Gasteiger partial charge in [-0.3, -0.25) is 9.59 Å². The van der Waals surface area contributed by atoms with E-state index in [1.165, 1.54) is 5.56 Å². The first-order valence-electron chi connectivity index (χ1n) is 10.9. The van der Waals surface area contributed by atoms with E-state index in [-0.39, 0.29) is 18.4 Å². The Balaban J connectivity index is 0.000000540. The normalized spacial score (nSPS) is 13.5. The first-order valence-corrected chi connectivity index (χ1v) is 11.7. The second kappa shape index (κ2) is 13.2. The molecule has 0 aromatic heterocycles. The monoisotopic (exact) mass is 557 g/mol. The molecule has 0 bridgehead atoms. The molecule has 2 amide bonds. The SMILES string of the molecule is CCc1ccc(CN(CC(=O)N2CCNCC2)C(=O)c2cccc(Br)c2)cc1.O=C(O)C(F)(F)F. The van der Waals surface area contributed by atoms with Gasteiger partial charge >= 0.3 is 12.1 Å². The van der Waals surface area contributed by atoms with E-state index in [1.807, 2.05) is 29.2 Å². The summed E-state index contributed by atoms with van der Waals surface area (Å²) in [5.74, 6) is -2.90. The van der Waals surface area contributed by atoms with Crippen LogP contribution >= 0.6 is 15.9 Å². The number of benzene rings is 2. The minimum absolute atomic E-state index is 0.00461. The van der Waals surface area contributed by atoms with Gasteiger partial charge in [-0.25, -0.2) is 4.79 Å². The molecular formula is C24H27BrF3N3O4. The number of carbonyl (C=O) groups excluding carboxylic acids is 2. The first-order chi connectivity index (χ1) is 16.5. The van der Waals surface area contributed by atoms with Crippen molar-refractivity contribution in [2.75, 3.05) is 32.7 Å². The summed E-state index contributed by atoms with van der Waals surface area (Å²) >= 11 is 3.42. The molecule has 1 heterocycles. The van der Waals surface area contributed by atoms with Gasteiger partial charge < -0.3 is 20.2 Å². The molecule has 1 fully saturated rings. The highest BCUT2D eigenvalue weighted by Crippen LogP contribution is 2.16. The number of amides is 2. The average Bonchev–Trinajstić information content (AvgIpc) is 2.84. The number of nitrogens with one attached hydrogen (secondary N) is 1. The van der Waals surface area contributed by atoms with Gasteiger partial charge in [0.1, 0.15) is 6.54 Å². The van der Waals surface area contributed by atoms with E-state index in [4.69, 9.17) is 9.90 Å². The lowest BCUT2D eigenvalue weighted by atomic mass is 10.1. The van der Waals surface area contributed by atoms with Crippen LogP contribution in [0.25, 0.3) is 0 Å². The molecule has 1 aliphatic heterocycles. The summed E-state index contributed by atoms with van der Waals surface area (Å²) in [4.78, 5) is 38.3. The van der Waals surface area contributed by atoms with Gasteiger partial charge in [-0.05, 0) is 35.7 Å². The maximum atomic E-state index is 13.2. The predicted molar refractivity (Wildman–Crippen MR) is 128 cm³/mol. The van der Waals surface area contributed by atoms with Crippen molar-refractivity contribution in [3.63, 3.8) is 0 Å². The molecule has 0 aliphatic carbocycles. The van der Waals surface area contributed by atoms with Gasteiger partial charge in [0, 0.05) is 42.8 Å². The zero-order valence-corrected chi connectivity index (χ0v) is 20.7. The van der Waals surface area contributed by atoms with Crippen molar-refractivity contribution in [3.05, 3.63) is 69.7 Å². The number of aliphatic carboxylic acids is 1. The zero-order chi connectivity index (χ0) is 26.0. The van der Waals surface area contributed by atoms with Crippen LogP contribution < -0.4 is 5.32 Å². The Morgan fingerprint density at radius 3 is 2.14 bits per heavy atom. The van der Waals surface area contributed by atoms with Crippen LogP contribution in [0.5, 0.6) is 0 Å². The van der Waals surface area contributed by atoms with Crippen molar-refractivity contribution in [1.29, 1.82) is 0 Å². The molecule has 1 aliphatic rings. The van der Waals surface area contributed by atoms with Crippen LogP contribution in [0.4, 0.5) is 13.2 Å². The van der Waals surface area contributed by atoms with Crippen LogP contribution in [0.1, 0.15) is 28.4 Å². The van der Waals surface area contributed by atoms with Crippen molar-refractivity contribution in [3.8, 4) is 0 Å². The molecule has 35 heavy (non-hydrogen) atoms. The Labute approximate surface area is 210 Å². The fourth-order valence-electron chi connectivity index (χ4n) is 3.28. The second-order valence-electron chi connectivity index (χ2n) is 7.78. The molecule has 2 aromatic carbocycles. The van der Waals surface area contributed by atoms with Crippen molar-refractivity contribution >= 4 is 33.7 Å². The average molecular weight is 558 g/mol. The van der Waals surface area contributed by atoms with Crippen LogP contribution in [-0.2, 0) is 22.6 Å². The molecule has 3 rings (SSSR count). The first kappa shape index (κ1) is 28.3. The summed E-state index contributed by atoms with van der Waals surface area (Å²) in [7, 11) is 0. The van der Waals surface area contributed by atoms with Crippen LogP contribution in [-0.4, -0.2) is 71.6 Å². The maximum absolute atomic E-state index is 13.2. The van der Waals surface area contributed by atoms with E-state index in [0.717, 1.165) is 29.5 Å². The lowest BCUT2D eigenvalue weighted by Crippen LogP contribution is -2.50. The van der Waals surface area contributed by atoms with E-state index < -0.39 is 12.1 Å². The summed E-state index contributed by atoms with van der Waals surface area (Å²) in [6.45, 7) is 5.57. The standard InChI is InChI=1S/C22H26BrN3O2.C2HF3O2/c1-2-17-6-8-18(9-7-17)15-26(16-21(27)25-12-10-24-11-13-25)22(28)19-4-3-5-20(23)14-19;3-2(4,5)1(6)7/h3-9,14,24H,2,10-13,15-16H2,1H3;(H,6,7). The zero-order valence-electron chi connectivity index (χ0n) is 19.1. The minimum atomic E-state index is -5.08. The van der Waals surface area contributed by atoms with Crippen LogP contribution in [0, 0.1) is 0 Å². The number of halogens is 4. The lowest BCUT2D eigenvalue weighted by Gasteiger charge is -2.30. The van der Waals surface area contributed by atoms with E-state index in [9.17, 15) is 22.8 Å². The summed E-state index contributed by atoms with van der Waals surface area (Å²) < 4.78 is 32.6. The summed E-state index contributed by atoms with van der Waals surface area (Å²) in [5.41, 5.74) is 2.85. The number of hydrogen-bond donors (Lipinski definition) is 2. The van der Waals surface area contributed by atoms with E-state index >= 15 is 0 Å². The van der Waals surface area contributed by atoms with Crippen LogP contribution in [0.2, 0.25) is 0 Å². The number of hydrogen-bond acceptors (Lipinski definition) is 4. The lowest BCUT2D eigenvalue weighted by molar-refractivity contribution is -0.192. The molecule has 11 heteroatoms. The Bertz CT molecular complexity index is 1010. The third kappa shape index (κ3) is 9.33. The van der Waals surface area contributed by atoms with Crippen LogP contribution in [0.15, 0.2) is 53.0 Å². The van der Waals surface area contributed by atoms with Gasteiger partial charge in [0.05, 0.1) is 0 Å². The minimum Gasteiger partial charge on any atom is -0.475 e. The fraction of sp³-hybridized carbons (Fsp3) is 0.375. The van der Waals surface area contributed by atoms with E-state index in [0.29, 0.717) is 25.2 Å². The fourth-order valence-corrected chi connectivity index (χ4v) is 3.68. The molecule has 0 spiro atoms. The van der Waals surface area contributed by atoms with E-state index in [2.05, 4.69) is 40.3 Å². The van der Waals surface area contributed by atoms with Gasteiger partial charge in [-0.2, -0.15) is 13.2 Å². The molecule has 7 nitrogen and oxygen atoms in total. The Morgan fingerprint density at radius 2 is 1.63 bits per heavy atom. The van der Waals surface area contributed by atoms with Crippen molar-refractivity contribution in [1.82, 2.24) is 15.1 Å². The number of nitrogens with zero attached hydrogens (tertiary/aromatic N) is 2. The number of carbonyl (C=O) groups is 3. The topological polar surface area (TPSA) is 90.0 Å². The second-order valence-corrected chi connectivity index (χ2v) is 8.69. The van der Waals surface area contributed by atoms with Gasteiger partial charge in [-0.15, -0.1) is 0 Å². The highest BCUT2D eigenvalue weighted by Gasteiger charge is 2.38. The molecule has 0 unspecified atom stereocenters. The van der Waals surface area contributed by atoms with Gasteiger partial charge in [0.25, 0.3) is 5.91 Å². The third-order valence-electron chi connectivity index (χ3n) is 5.20. The molecule has 0 radical (unpaired) electrons. The largest absolute Gasteiger partial charge is 0.490 e. The van der Waals surface area contributed by atoms with Crippen molar-refractivity contribution < 1.29 is 32.7 Å². The van der Waals surface area contributed by atoms with Gasteiger partial charge in [0.2, 0.25) is 5.91 Å². The molecule has 190 valence electrons. The quantitative estimate of drug-likeness (QED) is 0.565. The summed E-state index contributed by atoms with van der Waals surface area (Å²) in [5, 5.41) is 10.4. The number of rotatable bonds is 6. The molecule has 0 saturated carbocycles. The molecule has 0 atom stereocenters. The maximum Gasteiger partial charge on any atom is 0.490 e. The number of aryl methyl sites for hydroxylation is 1. The molecule has 2 N–H and O–H groups in total. The molecule has 2 aromatic rings.